The lowest BCUT2D eigenvalue weighted by molar-refractivity contribution is 0.732. The predicted octanol–water partition coefficient (Wildman–Crippen LogP) is 3.10. The molecule has 0 atom stereocenters. The summed E-state index contributed by atoms with van der Waals surface area (Å²) < 4.78 is 4.79. The fraction of sp³-hybridized carbons (Fsp3) is 0.286. The van der Waals surface area contributed by atoms with Crippen LogP contribution in [0.25, 0.3) is 11.0 Å². The normalized spacial score (nSPS) is 11.3. The quantitative estimate of drug-likeness (QED) is 0.728. The van der Waals surface area contributed by atoms with E-state index in [1.165, 1.54) is 22.3 Å². The van der Waals surface area contributed by atoms with Crippen LogP contribution in [0.4, 0.5) is 0 Å². The van der Waals surface area contributed by atoms with E-state index in [2.05, 4.69) is 40.6 Å². The highest BCUT2D eigenvalue weighted by molar-refractivity contribution is 7.71. The van der Waals surface area contributed by atoms with Gasteiger partial charge in [-0.3, -0.25) is 4.68 Å². The Labute approximate surface area is 116 Å². The Morgan fingerprint density at radius 2 is 2.11 bits per heavy atom. The molecule has 0 spiro atoms. The standard InChI is InChI=1S/C14H16N4S/c1-9-5-4-6-12-13(9)18(14(19)16-12)8-11-7-15-17(3)10(11)2/h4-7H,8H2,1-3H3,(H,16,19). The van der Waals surface area contributed by atoms with Gasteiger partial charge in [-0.1, -0.05) is 12.1 Å². The number of benzene rings is 1. The van der Waals surface area contributed by atoms with E-state index in [-0.39, 0.29) is 0 Å². The molecule has 3 aromatic rings. The number of aromatic nitrogens is 4. The molecule has 5 heteroatoms. The summed E-state index contributed by atoms with van der Waals surface area (Å²) in [5, 5.41) is 4.29. The van der Waals surface area contributed by atoms with Crippen LogP contribution in [-0.2, 0) is 13.6 Å². The van der Waals surface area contributed by atoms with Gasteiger partial charge in [-0.15, -0.1) is 0 Å². The van der Waals surface area contributed by atoms with E-state index in [1.807, 2.05) is 24.0 Å². The molecule has 3 rings (SSSR count). The average molecular weight is 272 g/mol. The maximum atomic E-state index is 5.44. The number of para-hydroxylation sites is 1. The molecule has 4 nitrogen and oxygen atoms in total. The van der Waals surface area contributed by atoms with Crippen LogP contribution in [0.1, 0.15) is 16.8 Å². The van der Waals surface area contributed by atoms with Gasteiger partial charge in [-0.05, 0) is 37.7 Å². The molecule has 0 unspecified atom stereocenters. The van der Waals surface area contributed by atoms with E-state index < -0.39 is 0 Å². The molecule has 0 aliphatic heterocycles. The number of rotatable bonds is 2. The number of aryl methyl sites for hydroxylation is 2. The van der Waals surface area contributed by atoms with Gasteiger partial charge >= 0.3 is 0 Å². The third-order valence-electron chi connectivity index (χ3n) is 3.66. The monoisotopic (exact) mass is 272 g/mol. The van der Waals surface area contributed by atoms with Gasteiger partial charge in [0.2, 0.25) is 0 Å². The second kappa shape index (κ2) is 4.35. The van der Waals surface area contributed by atoms with Gasteiger partial charge in [0, 0.05) is 18.3 Å². The zero-order valence-corrected chi connectivity index (χ0v) is 12.1. The van der Waals surface area contributed by atoms with Gasteiger partial charge in [-0.25, -0.2) is 0 Å². The van der Waals surface area contributed by atoms with Crippen LogP contribution in [-0.4, -0.2) is 19.3 Å². The first-order valence-corrected chi connectivity index (χ1v) is 6.64. The number of hydrogen-bond acceptors (Lipinski definition) is 2. The Bertz CT molecular complexity index is 807. The fourth-order valence-electron chi connectivity index (χ4n) is 2.42. The summed E-state index contributed by atoms with van der Waals surface area (Å²) in [4.78, 5) is 3.26. The minimum absolute atomic E-state index is 0.753. The smallest absolute Gasteiger partial charge is 0.178 e. The molecule has 0 bridgehead atoms. The zero-order valence-electron chi connectivity index (χ0n) is 11.3. The number of hydrogen-bond donors (Lipinski definition) is 1. The molecule has 0 saturated carbocycles. The van der Waals surface area contributed by atoms with Crippen LogP contribution in [0.5, 0.6) is 0 Å². The summed E-state index contributed by atoms with van der Waals surface area (Å²) in [6.45, 7) is 4.94. The molecule has 0 aliphatic carbocycles. The third-order valence-corrected chi connectivity index (χ3v) is 3.98. The van der Waals surface area contributed by atoms with Crippen LogP contribution in [0, 0.1) is 18.6 Å². The van der Waals surface area contributed by atoms with Crippen LogP contribution in [0.2, 0.25) is 0 Å². The van der Waals surface area contributed by atoms with E-state index >= 15 is 0 Å². The molecule has 2 heterocycles. The SMILES string of the molecule is Cc1cccc2[nH]c(=S)n(Cc3cnn(C)c3C)c12. The second-order valence-corrected chi connectivity index (χ2v) is 5.25. The van der Waals surface area contributed by atoms with Crippen LogP contribution >= 0.6 is 12.2 Å². The van der Waals surface area contributed by atoms with Crippen molar-refractivity contribution in [3.63, 3.8) is 0 Å². The van der Waals surface area contributed by atoms with Crippen molar-refractivity contribution in [3.05, 3.63) is 46.0 Å². The molecule has 98 valence electrons. The molecule has 19 heavy (non-hydrogen) atoms. The minimum atomic E-state index is 0.753. The lowest BCUT2D eigenvalue weighted by Gasteiger charge is -2.06. The Morgan fingerprint density at radius 1 is 1.32 bits per heavy atom. The highest BCUT2D eigenvalue weighted by Gasteiger charge is 2.10. The number of nitrogens with zero attached hydrogens (tertiary/aromatic N) is 3. The highest BCUT2D eigenvalue weighted by Crippen LogP contribution is 2.20. The van der Waals surface area contributed by atoms with Crippen molar-refractivity contribution in [2.24, 2.45) is 7.05 Å². The maximum absolute atomic E-state index is 5.44. The second-order valence-electron chi connectivity index (χ2n) is 4.87. The van der Waals surface area contributed by atoms with E-state index in [9.17, 15) is 0 Å². The molecule has 1 N–H and O–H groups in total. The highest BCUT2D eigenvalue weighted by atomic mass is 32.1. The summed E-state index contributed by atoms with van der Waals surface area (Å²) in [7, 11) is 1.96. The van der Waals surface area contributed by atoms with Gasteiger partial charge in [-0.2, -0.15) is 5.10 Å². The summed E-state index contributed by atoms with van der Waals surface area (Å²) in [6.07, 6.45) is 1.91. The van der Waals surface area contributed by atoms with Crippen molar-refractivity contribution in [2.45, 2.75) is 20.4 Å². The molecular formula is C14H16N4S. The Morgan fingerprint density at radius 3 is 2.79 bits per heavy atom. The fourth-order valence-corrected chi connectivity index (χ4v) is 2.69. The molecule has 0 amide bonds. The van der Waals surface area contributed by atoms with Gasteiger partial charge in [0.25, 0.3) is 0 Å². The van der Waals surface area contributed by atoms with Crippen molar-refractivity contribution in [1.82, 2.24) is 19.3 Å². The molecule has 0 aliphatic rings. The van der Waals surface area contributed by atoms with E-state index in [0.717, 1.165) is 16.8 Å². The largest absolute Gasteiger partial charge is 0.331 e. The molecule has 0 saturated heterocycles. The van der Waals surface area contributed by atoms with Gasteiger partial charge in [0.15, 0.2) is 4.77 Å². The molecule has 2 aromatic heterocycles. The Kier molecular flexibility index (Phi) is 2.78. The first-order chi connectivity index (χ1) is 9.08. The summed E-state index contributed by atoms with van der Waals surface area (Å²) in [5.74, 6) is 0. The first-order valence-electron chi connectivity index (χ1n) is 6.23. The maximum Gasteiger partial charge on any atom is 0.178 e. The van der Waals surface area contributed by atoms with Crippen LogP contribution in [0.3, 0.4) is 0 Å². The van der Waals surface area contributed by atoms with Crippen molar-refractivity contribution in [2.75, 3.05) is 0 Å². The summed E-state index contributed by atoms with van der Waals surface area (Å²) >= 11 is 5.44. The Hall–Kier alpha value is -1.88. The predicted molar refractivity (Wildman–Crippen MR) is 78.9 cm³/mol. The average Bonchev–Trinajstić information content (AvgIpc) is 2.85. The lowest BCUT2D eigenvalue weighted by Crippen LogP contribution is -2.02. The number of aromatic amines is 1. The summed E-state index contributed by atoms with van der Waals surface area (Å²) in [5.41, 5.74) is 5.86. The van der Waals surface area contributed by atoms with Crippen molar-refractivity contribution in [1.29, 1.82) is 0 Å². The molecule has 0 radical (unpaired) electrons. The van der Waals surface area contributed by atoms with Crippen molar-refractivity contribution >= 4 is 23.3 Å². The van der Waals surface area contributed by atoms with E-state index in [4.69, 9.17) is 12.2 Å². The van der Waals surface area contributed by atoms with Crippen molar-refractivity contribution < 1.29 is 0 Å². The number of fused-ring (bicyclic) bond motifs is 1. The van der Waals surface area contributed by atoms with Crippen LogP contribution in [0.15, 0.2) is 24.4 Å². The number of H-pyrrole nitrogens is 1. The number of nitrogens with one attached hydrogen (secondary N) is 1. The van der Waals surface area contributed by atoms with Gasteiger partial charge in [0.05, 0.1) is 23.8 Å². The first kappa shape index (κ1) is 12.2. The molecular weight excluding hydrogens is 256 g/mol. The molecule has 1 aromatic carbocycles. The Balaban J connectivity index is 2.18. The topological polar surface area (TPSA) is 38.5 Å². The summed E-state index contributed by atoms with van der Waals surface area (Å²) in [6, 6.07) is 6.21. The minimum Gasteiger partial charge on any atom is -0.331 e. The van der Waals surface area contributed by atoms with E-state index in [1.54, 1.807) is 0 Å². The van der Waals surface area contributed by atoms with Crippen LogP contribution < -0.4 is 0 Å². The number of imidazole rings is 1. The van der Waals surface area contributed by atoms with Gasteiger partial charge < -0.3 is 9.55 Å². The van der Waals surface area contributed by atoms with E-state index in [0.29, 0.717) is 0 Å². The van der Waals surface area contributed by atoms with Gasteiger partial charge in [0.1, 0.15) is 0 Å². The lowest BCUT2D eigenvalue weighted by atomic mass is 10.2. The van der Waals surface area contributed by atoms with Crippen molar-refractivity contribution in [3.8, 4) is 0 Å². The zero-order chi connectivity index (χ0) is 13.6. The third kappa shape index (κ3) is 1.90. The molecule has 0 fully saturated rings.